The molecule has 1 heterocycles. The van der Waals surface area contributed by atoms with Gasteiger partial charge in [0, 0.05) is 19.1 Å². The molecule has 1 aliphatic heterocycles. The summed E-state index contributed by atoms with van der Waals surface area (Å²) in [7, 11) is 2.01. The predicted molar refractivity (Wildman–Crippen MR) is 74.9 cm³/mol. The number of hydrogen-bond donors (Lipinski definition) is 2. The van der Waals surface area contributed by atoms with Crippen molar-refractivity contribution >= 4 is 17.9 Å². The van der Waals surface area contributed by atoms with Crippen molar-refractivity contribution in [3.8, 4) is 0 Å². The molecule has 0 radical (unpaired) electrons. The lowest BCUT2D eigenvalue weighted by atomic mass is 10.2. The fourth-order valence-electron chi connectivity index (χ4n) is 2.32. The van der Waals surface area contributed by atoms with Crippen LogP contribution in [-0.4, -0.2) is 78.8 Å². The minimum atomic E-state index is -1.16. The molecule has 1 saturated heterocycles. The van der Waals surface area contributed by atoms with E-state index >= 15 is 0 Å². The van der Waals surface area contributed by atoms with Crippen LogP contribution in [0, 0.1) is 0 Å². The molecule has 0 aromatic rings. The smallest absolute Gasteiger partial charge is 0.329 e. The lowest BCUT2D eigenvalue weighted by molar-refractivity contribution is -0.143. The van der Waals surface area contributed by atoms with Crippen LogP contribution in [0.4, 0.5) is 4.79 Å². The minimum absolute atomic E-state index is 0.0604. The van der Waals surface area contributed by atoms with E-state index < -0.39 is 31.1 Å². The summed E-state index contributed by atoms with van der Waals surface area (Å²) in [5.74, 6) is -1.79. The maximum Gasteiger partial charge on any atom is 0.329 e. The van der Waals surface area contributed by atoms with Crippen molar-refractivity contribution < 1.29 is 24.2 Å². The number of hydrogen-bond acceptors (Lipinski definition) is 5. The average Bonchev–Trinajstić information content (AvgIpc) is 2.59. The molecule has 1 fully saturated rings. The van der Waals surface area contributed by atoms with Crippen LogP contribution >= 0.6 is 0 Å². The van der Waals surface area contributed by atoms with Gasteiger partial charge in [-0.1, -0.05) is 6.92 Å². The van der Waals surface area contributed by atoms with Gasteiger partial charge in [-0.2, -0.15) is 0 Å². The first kappa shape index (κ1) is 17.4. The number of amides is 3. The second kappa shape index (κ2) is 8.58. The van der Waals surface area contributed by atoms with Crippen molar-refractivity contribution in [2.24, 2.45) is 0 Å². The third kappa shape index (κ3) is 6.09. The molecule has 1 aliphatic rings. The number of likely N-dealkylation sites (N-methyl/N-ethyl adjacent to an activating group) is 1. The predicted octanol–water partition coefficient (Wildman–Crippen LogP) is -0.260. The molecule has 2 N–H and O–H groups in total. The number of carbonyl (C=O) groups excluding carboxylic acids is 2. The van der Waals surface area contributed by atoms with E-state index in [1.807, 2.05) is 14.0 Å². The Morgan fingerprint density at radius 1 is 1.29 bits per heavy atom. The van der Waals surface area contributed by atoms with Crippen molar-refractivity contribution in [1.82, 2.24) is 15.1 Å². The number of nitrogens with one attached hydrogen (secondary N) is 1. The molecule has 0 saturated carbocycles. The highest BCUT2D eigenvalue weighted by molar-refractivity contribution is 5.95. The third-order valence-electron chi connectivity index (χ3n) is 3.34. The number of carbonyl (C=O) groups is 3. The van der Waals surface area contributed by atoms with Gasteiger partial charge in [0.2, 0.25) is 0 Å². The zero-order valence-electron chi connectivity index (χ0n) is 12.5. The van der Waals surface area contributed by atoms with Gasteiger partial charge in [0.1, 0.15) is 13.2 Å². The van der Waals surface area contributed by atoms with Gasteiger partial charge in [-0.15, -0.1) is 0 Å². The number of rotatable bonds is 5. The van der Waals surface area contributed by atoms with Crippen molar-refractivity contribution in [2.75, 3.05) is 39.9 Å². The van der Waals surface area contributed by atoms with Gasteiger partial charge < -0.3 is 19.6 Å². The van der Waals surface area contributed by atoms with Gasteiger partial charge in [-0.05, 0) is 26.4 Å². The molecule has 1 unspecified atom stereocenters. The molecule has 21 heavy (non-hydrogen) atoms. The van der Waals surface area contributed by atoms with Crippen LogP contribution in [0.1, 0.15) is 19.8 Å². The summed E-state index contributed by atoms with van der Waals surface area (Å²) >= 11 is 0. The number of urea groups is 1. The Kier molecular flexibility index (Phi) is 7.10. The van der Waals surface area contributed by atoms with Gasteiger partial charge in [-0.25, -0.2) is 9.59 Å². The van der Waals surface area contributed by atoms with Crippen molar-refractivity contribution in [2.45, 2.75) is 25.8 Å². The van der Waals surface area contributed by atoms with Gasteiger partial charge >= 0.3 is 12.0 Å². The van der Waals surface area contributed by atoms with Crippen LogP contribution in [0.15, 0.2) is 0 Å². The highest BCUT2D eigenvalue weighted by Gasteiger charge is 2.26. The van der Waals surface area contributed by atoms with E-state index in [2.05, 4.69) is 15.0 Å². The summed E-state index contributed by atoms with van der Waals surface area (Å²) in [6.07, 6.45) is 1.66. The number of carboxylic acids is 1. The standard InChI is InChI=1S/C13H23N3O5/c1-3-10-7-15(2)5-4-6-16(10)13(20)14-11(17)8-21-9-12(18)19/h10H,3-9H2,1-2H3,(H,18,19)(H,14,17,20). The maximum atomic E-state index is 12.1. The number of ether oxygens (including phenoxy) is 1. The first-order valence-electron chi connectivity index (χ1n) is 7.02. The molecule has 0 aromatic heterocycles. The fraction of sp³-hybridized carbons (Fsp3) is 0.769. The van der Waals surface area contributed by atoms with Crippen LogP contribution < -0.4 is 5.32 Å². The van der Waals surface area contributed by atoms with Crippen LogP contribution in [0.25, 0.3) is 0 Å². The van der Waals surface area contributed by atoms with E-state index in [-0.39, 0.29) is 6.04 Å². The molecular formula is C13H23N3O5. The molecule has 120 valence electrons. The van der Waals surface area contributed by atoms with Crippen LogP contribution in [0.3, 0.4) is 0 Å². The van der Waals surface area contributed by atoms with Crippen LogP contribution in [0.2, 0.25) is 0 Å². The lowest BCUT2D eigenvalue weighted by Crippen LogP contribution is -2.50. The quantitative estimate of drug-likeness (QED) is 0.726. The molecule has 8 nitrogen and oxygen atoms in total. The highest BCUT2D eigenvalue weighted by Crippen LogP contribution is 2.11. The Hall–Kier alpha value is -1.67. The Morgan fingerprint density at radius 2 is 2.00 bits per heavy atom. The van der Waals surface area contributed by atoms with E-state index in [0.29, 0.717) is 6.54 Å². The van der Waals surface area contributed by atoms with Crippen molar-refractivity contribution in [1.29, 1.82) is 0 Å². The van der Waals surface area contributed by atoms with E-state index in [0.717, 1.165) is 25.9 Å². The van der Waals surface area contributed by atoms with E-state index in [1.165, 1.54) is 0 Å². The van der Waals surface area contributed by atoms with Crippen LogP contribution in [-0.2, 0) is 14.3 Å². The Morgan fingerprint density at radius 3 is 2.62 bits per heavy atom. The molecular weight excluding hydrogens is 278 g/mol. The Balaban J connectivity index is 2.48. The first-order valence-corrected chi connectivity index (χ1v) is 7.02. The fourth-order valence-corrected chi connectivity index (χ4v) is 2.32. The number of nitrogens with zero attached hydrogens (tertiary/aromatic N) is 2. The first-order chi connectivity index (χ1) is 9.93. The number of aliphatic carboxylic acids is 1. The largest absolute Gasteiger partial charge is 0.480 e. The molecule has 0 bridgehead atoms. The number of imide groups is 1. The molecule has 0 aromatic carbocycles. The average molecular weight is 301 g/mol. The Bertz CT molecular complexity index is 388. The lowest BCUT2D eigenvalue weighted by Gasteiger charge is -2.29. The molecule has 1 atom stereocenters. The summed E-state index contributed by atoms with van der Waals surface area (Å²) in [5.41, 5.74) is 0. The van der Waals surface area contributed by atoms with Crippen LogP contribution in [0.5, 0.6) is 0 Å². The number of carboxylic acid groups (broad SMARTS) is 1. The monoisotopic (exact) mass is 301 g/mol. The van der Waals surface area contributed by atoms with E-state index in [9.17, 15) is 14.4 Å². The molecule has 8 heteroatoms. The van der Waals surface area contributed by atoms with Gasteiger partial charge in [-0.3, -0.25) is 10.1 Å². The zero-order chi connectivity index (χ0) is 15.8. The highest BCUT2D eigenvalue weighted by atomic mass is 16.5. The summed E-state index contributed by atoms with van der Waals surface area (Å²) in [5, 5.41) is 10.6. The van der Waals surface area contributed by atoms with E-state index in [4.69, 9.17) is 5.11 Å². The normalized spacial score (nSPS) is 19.9. The van der Waals surface area contributed by atoms with Gasteiger partial charge in [0.25, 0.3) is 5.91 Å². The SMILES string of the molecule is CCC1CN(C)CCCN1C(=O)NC(=O)COCC(=O)O. The summed E-state index contributed by atoms with van der Waals surface area (Å²) < 4.78 is 4.65. The molecule has 0 spiro atoms. The second-order valence-corrected chi connectivity index (χ2v) is 5.11. The summed E-state index contributed by atoms with van der Waals surface area (Å²) in [6, 6.07) is -0.383. The molecule has 1 rings (SSSR count). The topological polar surface area (TPSA) is 99.2 Å². The Labute approximate surface area is 124 Å². The summed E-state index contributed by atoms with van der Waals surface area (Å²) in [6.45, 7) is 3.28. The zero-order valence-corrected chi connectivity index (χ0v) is 12.5. The van der Waals surface area contributed by atoms with E-state index in [1.54, 1.807) is 4.90 Å². The van der Waals surface area contributed by atoms with Gasteiger partial charge in [0.05, 0.1) is 0 Å². The second-order valence-electron chi connectivity index (χ2n) is 5.11. The summed E-state index contributed by atoms with van der Waals surface area (Å²) in [4.78, 5) is 37.8. The van der Waals surface area contributed by atoms with Gasteiger partial charge in [0.15, 0.2) is 0 Å². The molecule has 0 aliphatic carbocycles. The van der Waals surface area contributed by atoms with Crippen molar-refractivity contribution in [3.05, 3.63) is 0 Å². The third-order valence-corrected chi connectivity index (χ3v) is 3.34. The minimum Gasteiger partial charge on any atom is -0.480 e. The molecule has 3 amide bonds. The van der Waals surface area contributed by atoms with Crippen molar-refractivity contribution in [3.63, 3.8) is 0 Å². The maximum absolute atomic E-state index is 12.1.